The third-order valence-corrected chi connectivity index (χ3v) is 1.28. The van der Waals surface area contributed by atoms with E-state index >= 15 is 0 Å². The van der Waals surface area contributed by atoms with Crippen LogP contribution in [-0.4, -0.2) is 0 Å². The molecule has 0 spiro atoms. The molecule has 0 unspecified atom stereocenters. The Morgan fingerprint density at radius 3 is 1.77 bits per heavy atom. The Kier molecular flexibility index (Phi) is 4.33. The van der Waals surface area contributed by atoms with Gasteiger partial charge in [0, 0.05) is 0 Å². The molecule has 0 saturated heterocycles. The Labute approximate surface area is 77.7 Å². The molecule has 2 radical (unpaired) electrons. The van der Waals surface area contributed by atoms with Crippen LogP contribution in [0.2, 0.25) is 0 Å². The lowest BCUT2D eigenvalue weighted by molar-refractivity contribution is 0.627. The molecule has 0 aromatic heterocycles. The summed E-state index contributed by atoms with van der Waals surface area (Å²) < 4.78 is 11.9. The number of benzene rings is 2. The Morgan fingerprint density at radius 1 is 0.846 bits per heavy atom. The number of hydrogen-bond donors (Lipinski definition) is 0. The highest BCUT2D eigenvalue weighted by Gasteiger charge is 1.77. The van der Waals surface area contributed by atoms with Crippen molar-refractivity contribution in [2.75, 3.05) is 0 Å². The molecule has 0 amide bonds. The standard InChI is InChI=1S/C6H4F.C6H5/c7-6-4-2-1-3-5-6;1-2-4-6-5-3-1/h1-2,4-5H;1-5H. The second kappa shape index (κ2) is 5.95. The van der Waals surface area contributed by atoms with Gasteiger partial charge in [0.25, 0.3) is 0 Å². The van der Waals surface area contributed by atoms with Crippen LogP contribution in [0.3, 0.4) is 0 Å². The first-order valence-corrected chi connectivity index (χ1v) is 3.92. The first-order valence-electron chi connectivity index (χ1n) is 3.92. The van der Waals surface area contributed by atoms with Crippen molar-refractivity contribution in [3.8, 4) is 0 Å². The average molecular weight is 172 g/mol. The molecule has 2 aromatic carbocycles. The largest absolute Gasteiger partial charge is 0.207 e. The van der Waals surface area contributed by atoms with Crippen LogP contribution in [0.15, 0.2) is 54.6 Å². The molecule has 0 bridgehead atoms. The van der Waals surface area contributed by atoms with Gasteiger partial charge in [0.2, 0.25) is 0 Å². The van der Waals surface area contributed by atoms with Gasteiger partial charge < -0.3 is 0 Å². The highest BCUT2D eigenvalue weighted by molar-refractivity contribution is 5.00. The van der Waals surface area contributed by atoms with Crippen LogP contribution >= 0.6 is 0 Å². The van der Waals surface area contributed by atoms with Gasteiger partial charge in [0.05, 0.1) is 0 Å². The van der Waals surface area contributed by atoms with Gasteiger partial charge in [-0.2, -0.15) is 0 Å². The second-order valence-corrected chi connectivity index (χ2v) is 2.30. The third kappa shape index (κ3) is 4.75. The molecule has 0 saturated carbocycles. The van der Waals surface area contributed by atoms with Gasteiger partial charge in [-0.25, -0.2) is 4.39 Å². The molecule has 0 aliphatic carbocycles. The predicted molar refractivity (Wildman–Crippen MR) is 50.5 cm³/mol. The summed E-state index contributed by atoms with van der Waals surface area (Å²) in [5, 5.41) is 0. The summed E-state index contributed by atoms with van der Waals surface area (Å²) in [7, 11) is 0. The van der Waals surface area contributed by atoms with Crippen LogP contribution in [0.25, 0.3) is 0 Å². The molecule has 2 rings (SSSR count). The van der Waals surface area contributed by atoms with E-state index in [0.717, 1.165) is 0 Å². The Morgan fingerprint density at radius 2 is 1.54 bits per heavy atom. The molecule has 13 heavy (non-hydrogen) atoms. The maximum absolute atomic E-state index is 11.9. The van der Waals surface area contributed by atoms with Crippen molar-refractivity contribution < 1.29 is 4.39 Å². The number of halogens is 1. The maximum Gasteiger partial charge on any atom is 0.123 e. The Bertz CT molecular complexity index is 276. The van der Waals surface area contributed by atoms with E-state index in [-0.39, 0.29) is 5.82 Å². The lowest BCUT2D eigenvalue weighted by atomic mass is 10.4. The molecule has 0 aliphatic rings. The number of hydrogen-bond acceptors (Lipinski definition) is 0. The van der Waals surface area contributed by atoms with E-state index in [1.165, 1.54) is 12.1 Å². The van der Waals surface area contributed by atoms with Gasteiger partial charge in [-0.05, 0) is 24.3 Å². The van der Waals surface area contributed by atoms with E-state index in [1.807, 2.05) is 30.3 Å². The molecule has 64 valence electrons. The van der Waals surface area contributed by atoms with Gasteiger partial charge in [-0.15, -0.1) is 0 Å². The topological polar surface area (TPSA) is 0 Å². The van der Waals surface area contributed by atoms with Crippen LogP contribution < -0.4 is 0 Å². The highest BCUT2D eigenvalue weighted by atomic mass is 19.1. The fraction of sp³-hybridized carbons (Fsp3) is 0. The van der Waals surface area contributed by atoms with Crippen molar-refractivity contribution in [3.63, 3.8) is 0 Å². The molecular formula is C12H9F. The smallest absolute Gasteiger partial charge is 0.123 e. The van der Waals surface area contributed by atoms with E-state index in [0.29, 0.717) is 0 Å². The van der Waals surface area contributed by atoms with E-state index < -0.39 is 0 Å². The fourth-order valence-electron chi connectivity index (χ4n) is 0.713. The zero-order valence-corrected chi connectivity index (χ0v) is 7.07. The summed E-state index contributed by atoms with van der Waals surface area (Å²) >= 11 is 0. The van der Waals surface area contributed by atoms with Crippen LogP contribution in [0.4, 0.5) is 4.39 Å². The summed E-state index contributed by atoms with van der Waals surface area (Å²) in [5.41, 5.74) is 0. The van der Waals surface area contributed by atoms with Crippen LogP contribution in [0, 0.1) is 17.9 Å². The van der Waals surface area contributed by atoms with Crippen LogP contribution in [0.5, 0.6) is 0 Å². The summed E-state index contributed by atoms with van der Waals surface area (Å²) in [6.45, 7) is 0. The molecule has 0 fully saturated rings. The lowest BCUT2D eigenvalue weighted by Crippen LogP contribution is -1.64. The van der Waals surface area contributed by atoms with Gasteiger partial charge in [-0.3, -0.25) is 0 Å². The molecule has 1 heteroatoms. The zero-order valence-electron chi connectivity index (χ0n) is 7.07. The van der Waals surface area contributed by atoms with Crippen LogP contribution in [-0.2, 0) is 0 Å². The normalized spacial score (nSPS) is 8.38. The summed E-state index contributed by atoms with van der Waals surface area (Å²) in [5.74, 6) is -0.234. The van der Waals surface area contributed by atoms with Gasteiger partial charge in [-0.1, -0.05) is 42.5 Å². The zero-order chi connectivity index (χ0) is 9.36. The fourth-order valence-corrected chi connectivity index (χ4v) is 0.713. The van der Waals surface area contributed by atoms with Gasteiger partial charge in [0.1, 0.15) is 5.82 Å². The first kappa shape index (κ1) is 9.46. The van der Waals surface area contributed by atoms with Crippen molar-refractivity contribution in [1.29, 1.82) is 0 Å². The Balaban J connectivity index is 0.000000132. The second-order valence-electron chi connectivity index (χ2n) is 2.30. The van der Waals surface area contributed by atoms with E-state index in [1.54, 1.807) is 12.1 Å². The summed E-state index contributed by atoms with van der Waals surface area (Å²) in [4.78, 5) is 0. The quantitative estimate of drug-likeness (QED) is 0.572. The Hall–Kier alpha value is -1.63. The van der Waals surface area contributed by atoms with Crippen LogP contribution in [0.1, 0.15) is 0 Å². The molecule has 0 atom stereocenters. The van der Waals surface area contributed by atoms with Crippen molar-refractivity contribution in [2.24, 2.45) is 0 Å². The molecule has 0 heterocycles. The maximum atomic E-state index is 11.9. The third-order valence-electron chi connectivity index (χ3n) is 1.28. The summed E-state index contributed by atoms with van der Waals surface area (Å²) in [6.07, 6.45) is 0. The highest BCUT2D eigenvalue weighted by Crippen LogP contribution is 1.91. The minimum atomic E-state index is -0.234. The molecule has 0 aliphatic heterocycles. The van der Waals surface area contributed by atoms with E-state index in [9.17, 15) is 4.39 Å². The number of rotatable bonds is 0. The van der Waals surface area contributed by atoms with Gasteiger partial charge >= 0.3 is 0 Å². The minimum Gasteiger partial charge on any atom is -0.207 e. The SMILES string of the molecule is Fc1c[c]ccc1.[c]1ccccc1. The van der Waals surface area contributed by atoms with Gasteiger partial charge in [0.15, 0.2) is 0 Å². The van der Waals surface area contributed by atoms with Crippen molar-refractivity contribution in [1.82, 2.24) is 0 Å². The summed E-state index contributed by atoms with van der Waals surface area (Å²) in [6, 6.07) is 21.0. The van der Waals surface area contributed by atoms with E-state index in [4.69, 9.17) is 0 Å². The lowest BCUT2D eigenvalue weighted by Gasteiger charge is -1.77. The van der Waals surface area contributed by atoms with Crippen molar-refractivity contribution in [3.05, 3.63) is 72.5 Å². The predicted octanol–water partition coefficient (Wildman–Crippen LogP) is 3.11. The minimum absolute atomic E-state index is 0.234. The molecule has 0 nitrogen and oxygen atoms in total. The van der Waals surface area contributed by atoms with Crippen molar-refractivity contribution >= 4 is 0 Å². The molecule has 0 N–H and O–H groups in total. The van der Waals surface area contributed by atoms with Crippen molar-refractivity contribution in [2.45, 2.75) is 0 Å². The monoisotopic (exact) mass is 172 g/mol. The molecular weight excluding hydrogens is 163 g/mol. The first-order chi connectivity index (χ1) is 6.39. The van der Waals surface area contributed by atoms with E-state index in [2.05, 4.69) is 12.1 Å². The average Bonchev–Trinajstić information content (AvgIpc) is 2.22. The molecule has 2 aromatic rings.